The van der Waals surface area contributed by atoms with E-state index in [1.807, 2.05) is 0 Å². The molecule has 1 saturated heterocycles. The highest BCUT2D eigenvalue weighted by Gasteiger charge is 2.18. The first kappa shape index (κ1) is 15.4. The summed E-state index contributed by atoms with van der Waals surface area (Å²) >= 11 is 5.95. The summed E-state index contributed by atoms with van der Waals surface area (Å²) in [6, 6.07) is 12.7. The molecule has 1 atom stereocenters. The summed E-state index contributed by atoms with van der Waals surface area (Å²) in [6.07, 6.45) is 1.15. The smallest absolute Gasteiger partial charge is 0.124 e. The summed E-state index contributed by atoms with van der Waals surface area (Å²) in [6.45, 7) is 5.75. The van der Waals surface area contributed by atoms with Gasteiger partial charge in [0.2, 0.25) is 0 Å². The minimum absolute atomic E-state index is 0.184. The van der Waals surface area contributed by atoms with Crippen molar-refractivity contribution in [1.29, 1.82) is 0 Å². The van der Waals surface area contributed by atoms with Gasteiger partial charge in [0.05, 0.1) is 13.2 Å². The van der Waals surface area contributed by atoms with Gasteiger partial charge in [-0.25, -0.2) is 0 Å². The largest absolute Gasteiger partial charge is 0.488 e. The monoisotopic (exact) mass is 316 g/mol. The third-order valence-corrected chi connectivity index (χ3v) is 4.38. The molecule has 2 nitrogen and oxygen atoms in total. The molecule has 3 heteroatoms. The van der Waals surface area contributed by atoms with E-state index >= 15 is 0 Å². The zero-order chi connectivity index (χ0) is 15.5. The van der Waals surface area contributed by atoms with Gasteiger partial charge in [-0.15, -0.1) is 11.6 Å². The highest BCUT2D eigenvalue weighted by Crippen LogP contribution is 2.32. The molecule has 1 fully saturated rings. The minimum Gasteiger partial charge on any atom is -0.488 e. The Morgan fingerprint density at radius 3 is 2.59 bits per heavy atom. The predicted octanol–water partition coefficient (Wildman–Crippen LogP) is 4.88. The van der Waals surface area contributed by atoms with Crippen molar-refractivity contribution in [2.75, 3.05) is 13.2 Å². The first-order valence-corrected chi connectivity index (χ1v) is 8.22. The molecule has 3 rings (SSSR count). The summed E-state index contributed by atoms with van der Waals surface area (Å²) in [4.78, 5) is 0. The maximum Gasteiger partial charge on any atom is 0.124 e. The first-order valence-electron chi connectivity index (χ1n) is 7.68. The molecule has 22 heavy (non-hydrogen) atoms. The summed E-state index contributed by atoms with van der Waals surface area (Å²) in [5, 5.41) is 0. The van der Waals surface area contributed by atoms with Gasteiger partial charge in [0.25, 0.3) is 0 Å². The second-order valence-corrected chi connectivity index (χ2v) is 6.14. The van der Waals surface area contributed by atoms with Crippen molar-refractivity contribution in [3.05, 3.63) is 53.1 Å². The molecule has 2 aromatic carbocycles. The molecular formula is C19H21ClO2. The van der Waals surface area contributed by atoms with Gasteiger partial charge in [0, 0.05) is 12.3 Å². The van der Waals surface area contributed by atoms with Crippen LogP contribution in [0.4, 0.5) is 0 Å². The third kappa shape index (κ3) is 3.29. The summed E-state index contributed by atoms with van der Waals surface area (Å²) < 4.78 is 11.4. The molecule has 1 heterocycles. The van der Waals surface area contributed by atoms with Crippen LogP contribution in [0.1, 0.15) is 23.1 Å². The highest BCUT2D eigenvalue weighted by molar-refractivity contribution is 6.17. The topological polar surface area (TPSA) is 18.5 Å². The average molecular weight is 317 g/mol. The molecule has 0 saturated carbocycles. The van der Waals surface area contributed by atoms with Crippen LogP contribution in [0.25, 0.3) is 11.1 Å². The molecule has 0 N–H and O–H groups in total. The van der Waals surface area contributed by atoms with E-state index in [-0.39, 0.29) is 6.10 Å². The van der Waals surface area contributed by atoms with Gasteiger partial charge in [-0.2, -0.15) is 0 Å². The molecule has 0 radical (unpaired) electrons. The Bertz CT molecular complexity index is 637. The fourth-order valence-electron chi connectivity index (χ4n) is 3.06. The van der Waals surface area contributed by atoms with E-state index in [4.69, 9.17) is 21.1 Å². The zero-order valence-electron chi connectivity index (χ0n) is 13.1. The van der Waals surface area contributed by atoms with Crippen molar-refractivity contribution >= 4 is 11.6 Å². The Kier molecular flexibility index (Phi) is 4.70. The molecule has 0 unspecified atom stereocenters. The lowest BCUT2D eigenvalue weighted by molar-refractivity contribution is 0.141. The lowest BCUT2D eigenvalue weighted by atomic mass is 9.94. The van der Waals surface area contributed by atoms with E-state index in [0.29, 0.717) is 12.5 Å². The van der Waals surface area contributed by atoms with Crippen LogP contribution >= 0.6 is 11.6 Å². The second kappa shape index (κ2) is 6.72. The van der Waals surface area contributed by atoms with E-state index in [1.54, 1.807) is 0 Å². The molecule has 1 aliphatic rings. The van der Waals surface area contributed by atoms with Crippen molar-refractivity contribution < 1.29 is 9.47 Å². The van der Waals surface area contributed by atoms with Crippen molar-refractivity contribution in [3.63, 3.8) is 0 Å². The van der Waals surface area contributed by atoms with Gasteiger partial charge in [0.1, 0.15) is 11.9 Å². The lowest BCUT2D eigenvalue weighted by Crippen LogP contribution is -2.15. The molecule has 0 amide bonds. The molecule has 0 aliphatic carbocycles. The number of hydrogen-bond donors (Lipinski definition) is 0. The number of halogens is 1. The molecule has 0 bridgehead atoms. The Morgan fingerprint density at radius 2 is 1.95 bits per heavy atom. The Labute approximate surface area is 137 Å². The molecule has 116 valence electrons. The van der Waals surface area contributed by atoms with Crippen molar-refractivity contribution in [3.8, 4) is 16.9 Å². The predicted molar refractivity (Wildman–Crippen MR) is 90.8 cm³/mol. The number of aryl methyl sites for hydroxylation is 2. The summed E-state index contributed by atoms with van der Waals surface area (Å²) in [5.74, 6) is 1.47. The SMILES string of the molecule is Cc1cc(O[C@@H]2CCOC2)cc(C)c1-c1cccc(CCl)c1. The summed E-state index contributed by atoms with van der Waals surface area (Å²) in [5.41, 5.74) is 6.06. The molecule has 0 spiro atoms. The molecule has 0 aromatic heterocycles. The van der Waals surface area contributed by atoms with Crippen molar-refractivity contribution in [1.82, 2.24) is 0 Å². The van der Waals surface area contributed by atoms with Crippen LogP contribution in [-0.2, 0) is 10.6 Å². The maximum absolute atomic E-state index is 6.03. The number of rotatable bonds is 4. The van der Waals surface area contributed by atoms with Crippen LogP contribution in [0.2, 0.25) is 0 Å². The van der Waals surface area contributed by atoms with Gasteiger partial charge in [-0.05, 0) is 59.9 Å². The summed E-state index contributed by atoms with van der Waals surface area (Å²) in [7, 11) is 0. The minimum atomic E-state index is 0.184. The highest BCUT2D eigenvalue weighted by atomic mass is 35.5. The van der Waals surface area contributed by atoms with Crippen LogP contribution < -0.4 is 4.74 Å². The Morgan fingerprint density at radius 1 is 1.18 bits per heavy atom. The second-order valence-electron chi connectivity index (χ2n) is 5.87. The van der Waals surface area contributed by atoms with Crippen LogP contribution in [0, 0.1) is 13.8 Å². The fraction of sp³-hybridized carbons (Fsp3) is 0.368. The van der Waals surface area contributed by atoms with Gasteiger partial charge in [-0.3, -0.25) is 0 Å². The van der Waals surface area contributed by atoms with Crippen LogP contribution in [0.15, 0.2) is 36.4 Å². The van der Waals surface area contributed by atoms with E-state index in [2.05, 4.69) is 50.2 Å². The zero-order valence-corrected chi connectivity index (χ0v) is 13.8. The van der Waals surface area contributed by atoms with Crippen LogP contribution in [-0.4, -0.2) is 19.3 Å². The van der Waals surface area contributed by atoms with Gasteiger partial charge in [0.15, 0.2) is 0 Å². The molecule has 1 aliphatic heterocycles. The third-order valence-electron chi connectivity index (χ3n) is 4.07. The van der Waals surface area contributed by atoms with Gasteiger partial charge in [-0.1, -0.05) is 18.2 Å². The maximum atomic E-state index is 6.03. The normalized spacial score (nSPS) is 17.7. The van der Waals surface area contributed by atoms with Gasteiger partial charge < -0.3 is 9.47 Å². The van der Waals surface area contributed by atoms with Crippen LogP contribution in [0.5, 0.6) is 5.75 Å². The fourth-order valence-corrected chi connectivity index (χ4v) is 3.22. The Hall–Kier alpha value is -1.51. The molecular weight excluding hydrogens is 296 g/mol. The Balaban J connectivity index is 1.91. The van der Waals surface area contributed by atoms with Gasteiger partial charge >= 0.3 is 0 Å². The number of hydrogen-bond acceptors (Lipinski definition) is 2. The quantitative estimate of drug-likeness (QED) is 0.749. The lowest BCUT2D eigenvalue weighted by Gasteiger charge is -2.17. The van der Waals surface area contributed by atoms with Crippen molar-refractivity contribution in [2.45, 2.75) is 32.3 Å². The molecule has 2 aromatic rings. The van der Waals surface area contributed by atoms with E-state index in [9.17, 15) is 0 Å². The van der Waals surface area contributed by atoms with Crippen molar-refractivity contribution in [2.24, 2.45) is 0 Å². The van der Waals surface area contributed by atoms with Crippen LogP contribution in [0.3, 0.4) is 0 Å². The number of ether oxygens (including phenoxy) is 2. The standard InChI is InChI=1S/C19H21ClO2/c1-13-8-18(22-17-6-7-21-12-17)9-14(2)19(13)16-5-3-4-15(10-16)11-20/h3-5,8-10,17H,6-7,11-12H2,1-2H3/t17-/m1/s1. The average Bonchev–Trinajstić information content (AvgIpc) is 2.99. The number of benzene rings is 2. The first-order chi connectivity index (χ1) is 10.7. The van der Waals surface area contributed by atoms with E-state index < -0.39 is 0 Å². The van der Waals surface area contributed by atoms with E-state index in [1.165, 1.54) is 22.3 Å². The van der Waals surface area contributed by atoms with E-state index in [0.717, 1.165) is 24.3 Å². The number of alkyl halides is 1.